The molecule has 1 aromatic rings. The predicted octanol–water partition coefficient (Wildman–Crippen LogP) is 2.06. The summed E-state index contributed by atoms with van der Waals surface area (Å²) in [7, 11) is -6.09. The standard InChI is InChI=1S/C5H3Cl2FN.CHF3O3S/c6-4-2-1-3-5(7)9(4)8;2-1(3,4)8(5,6)7/h1-3H;(H,5,6,7)/q+1;/p-1/i8-1;. The third kappa shape index (κ3) is 5.48. The van der Waals surface area contributed by atoms with Crippen molar-refractivity contribution in [3.05, 3.63) is 28.5 Å². The van der Waals surface area contributed by atoms with E-state index < -0.39 is 15.6 Å². The van der Waals surface area contributed by atoms with Gasteiger partial charge in [0.2, 0.25) is 0 Å². The van der Waals surface area contributed by atoms with Crippen LogP contribution in [0.25, 0.3) is 0 Å². The molecule has 0 bridgehead atoms. The van der Waals surface area contributed by atoms with Gasteiger partial charge < -0.3 is 4.55 Å². The lowest BCUT2D eigenvalue weighted by Crippen LogP contribution is -2.24. The molecule has 0 saturated carbocycles. The maximum atomic E-state index is 12.4. The Bertz CT molecular complexity index is 470. The van der Waals surface area contributed by atoms with E-state index in [2.05, 4.69) is 0 Å². The van der Waals surface area contributed by atoms with E-state index in [1.807, 2.05) is 0 Å². The van der Waals surface area contributed by atoms with Crippen molar-refractivity contribution in [3.8, 4) is 0 Å². The molecule has 0 fully saturated rings. The van der Waals surface area contributed by atoms with Crippen molar-refractivity contribution in [2.45, 2.75) is 5.51 Å². The largest absolute Gasteiger partial charge is 0.741 e. The van der Waals surface area contributed by atoms with Crippen LogP contribution in [-0.2, 0) is 10.1 Å². The summed E-state index contributed by atoms with van der Waals surface area (Å²) in [5, 5.41) is -0.0509. The maximum Gasteiger partial charge on any atom is 0.485 e. The molecule has 0 spiro atoms. The Morgan fingerprint density at radius 1 is 1.18 bits per heavy atom. The molecule has 0 unspecified atom stereocenters. The van der Waals surface area contributed by atoms with Gasteiger partial charge in [-0.15, -0.1) is 0 Å². The number of hydrogen-bond acceptors (Lipinski definition) is 3. The molecule has 0 atom stereocenters. The van der Waals surface area contributed by atoms with Crippen LogP contribution in [0.5, 0.6) is 0 Å². The van der Waals surface area contributed by atoms with Gasteiger partial charge in [-0.1, -0.05) is 0 Å². The molecular weight excluding hydrogens is 312 g/mol. The third-order valence-corrected chi connectivity index (χ3v) is 2.24. The zero-order valence-electron chi connectivity index (χ0n) is 7.58. The van der Waals surface area contributed by atoms with Gasteiger partial charge in [0.15, 0.2) is 10.1 Å². The minimum Gasteiger partial charge on any atom is -0.741 e. The van der Waals surface area contributed by atoms with E-state index in [0.717, 1.165) is 0 Å². The van der Waals surface area contributed by atoms with Crippen molar-refractivity contribution in [2.24, 2.45) is 0 Å². The summed E-state index contributed by atoms with van der Waals surface area (Å²) in [5.74, 6) is 0. The number of aromatic nitrogens is 1. The number of alkyl halides is 3. The topological polar surface area (TPSA) is 61.1 Å². The molecule has 1 heterocycles. The van der Waals surface area contributed by atoms with Crippen molar-refractivity contribution in [2.75, 3.05) is 0 Å². The number of pyridine rings is 1. The van der Waals surface area contributed by atoms with Crippen molar-refractivity contribution in [3.63, 3.8) is 0 Å². The zero-order valence-corrected chi connectivity index (χ0v) is 9.91. The van der Waals surface area contributed by atoms with Crippen LogP contribution in [0, 0.1) is 0 Å². The summed E-state index contributed by atoms with van der Waals surface area (Å²) in [6.45, 7) is 0. The summed E-state index contributed by atoms with van der Waals surface area (Å²) in [5.41, 5.74) is -5.65. The maximum absolute atomic E-state index is 12.4. The number of hydrogen-bond donors (Lipinski definition) is 0. The van der Waals surface area contributed by atoms with Crippen LogP contribution in [0.1, 0.15) is 0 Å². The van der Waals surface area contributed by atoms with Crippen LogP contribution in [0.15, 0.2) is 18.2 Å². The van der Waals surface area contributed by atoms with E-state index >= 15 is 0 Å². The van der Waals surface area contributed by atoms with Crippen LogP contribution in [-0.4, -0.2) is 18.5 Å². The average molecular weight is 315 g/mol. The molecule has 0 amide bonds. The first-order chi connectivity index (χ1) is 7.47. The fourth-order valence-electron chi connectivity index (χ4n) is 0.440. The quantitative estimate of drug-likeness (QED) is 0.319. The van der Waals surface area contributed by atoms with E-state index in [9.17, 15) is 17.7 Å². The highest BCUT2D eigenvalue weighted by Crippen LogP contribution is 2.20. The van der Waals surface area contributed by atoms with Gasteiger partial charge >= 0.3 is 15.8 Å². The Labute approximate surface area is 103 Å². The first-order valence-electron chi connectivity index (χ1n) is 3.51. The first kappa shape index (κ1) is 16.4. The van der Waals surface area contributed by atoms with Crippen molar-refractivity contribution in [1.29, 1.82) is 0 Å². The second-order valence-electron chi connectivity index (χ2n) is 2.35. The van der Waals surface area contributed by atoms with Crippen LogP contribution in [0.4, 0.5) is 17.7 Å². The van der Waals surface area contributed by atoms with Crippen molar-refractivity contribution in [1.82, 2.24) is 0 Å². The van der Waals surface area contributed by atoms with Crippen molar-refractivity contribution < 1.29 is 35.4 Å². The molecule has 0 aliphatic heterocycles. The highest BCUT2D eigenvalue weighted by molar-refractivity contribution is 7.86. The fourth-order valence-corrected chi connectivity index (χ4v) is 0.811. The van der Waals surface area contributed by atoms with E-state index in [0.29, 0.717) is 0 Å². The van der Waals surface area contributed by atoms with Crippen molar-refractivity contribution >= 4 is 33.3 Å². The van der Waals surface area contributed by atoms with E-state index in [4.69, 9.17) is 36.2 Å². The Hall–Kier alpha value is -0.640. The smallest absolute Gasteiger partial charge is 0.485 e. The lowest BCUT2D eigenvalue weighted by Gasteiger charge is -2.08. The summed E-state index contributed by atoms with van der Waals surface area (Å²) in [6.07, 6.45) is 0. The predicted molar refractivity (Wildman–Crippen MR) is 48.9 cm³/mol. The summed E-state index contributed by atoms with van der Waals surface area (Å²) >= 11 is 10.6. The first-order valence-corrected chi connectivity index (χ1v) is 5.67. The second-order valence-corrected chi connectivity index (χ2v) is 4.50. The van der Waals surface area contributed by atoms with E-state index in [1.54, 1.807) is 6.07 Å². The molecule has 0 radical (unpaired) electrons. The Balaban J connectivity index is 0.000000304. The normalized spacial score (nSPS) is 11.7. The SMILES string of the molecule is O=S(=O)([O-])C(F)(F)F.[18F][n+]1c(Cl)cccc1Cl. The highest BCUT2D eigenvalue weighted by Gasteiger charge is 2.36. The van der Waals surface area contributed by atoms with Gasteiger partial charge in [-0.3, -0.25) is 0 Å². The van der Waals surface area contributed by atoms with Gasteiger partial charge in [0.25, 0.3) is 0 Å². The molecule has 0 aromatic carbocycles. The van der Waals surface area contributed by atoms with Crippen LogP contribution < -0.4 is 4.79 Å². The van der Waals surface area contributed by atoms with Gasteiger partial charge in [-0.2, -0.15) is 13.2 Å². The van der Waals surface area contributed by atoms with Gasteiger partial charge in [0.05, 0.1) is 9.27 Å². The molecule has 17 heavy (non-hydrogen) atoms. The summed E-state index contributed by atoms with van der Waals surface area (Å²) < 4.78 is 71.3. The summed E-state index contributed by atoms with van der Waals surface area (Å²) in [6, 6.07) is 4.39. The second kappa shape index (κ2) is 5.80. The van der Waals surface area contributed by atoms with Gasteiger partial charge in [-0.05, 0) is 29.3 Å². The van der Waals surface area contributed by atoms with E-state index in [1.165, 1.54) is 12.1 Å². The third-order valence-electron chi connectivity index (χ3n) is 1.13. The monoisotopic (exact) mass is 314 g/mol. The molecule has 0 aliphatic carbocycles. The fraction of sp³-hybridized carbons (Fsp3) is 0.167. The Morgan fingerprint density at radius 3 is 1.65 bits per heavy atom. The average Bonchev–Trinajstić information content (AvgIpc) is 2.12. The van der Waals surface area contributed by atoms with E-state index in [-0.39, 0.29) is 15.1 Å². The van der Waals surface area contributed by atoms with Crippen LogP contribution in [0.2, 0.25) is 10.3 Å². The molecule has 0 N–H and O–H groups in total. The molecular formula is C6H3Cl2F4NO3S. The van der Waals surface area contributed by atoms with Crippen LogP contribution in [0.3, 0.4) is 0 Å². The highest BCUT2D eigenvalue weighted by atomic mass is 35.5. The molecule has 0 saturated heterocycles. The lowest BCUT2D eigenvalue weighted by molar-refractivity contribution is -0.840. The number of halogens is 6. The zero-order chi connectivity index (χ0) is 13.9. The lowest BCUT2D eigenvalue weighted by atomic mass is 10.5. The van der Waals surface area contributed by atoms with Gasteiger partial charge in [0, 0.05) is 12.1 Å². The summed E-state index contributed by atoms with van der Waals surface area (Å²) in [4.78, 5) is 0.198. The minimum atomic E-state index is -6.09. The Morgan fingerprint density at radius 2 is 1.47 bits per heavy atom. The molecule has 11 heteroatoms. The molecule has 1 rings (SSSR count). The molecule has 98 valence electrons. The molecule has 0 aliphatic rings. The number of rotatable bonds is 0. The van der Waals surface area contributed by atoms with Gasteiger partial charge in [-0.25, -0.2) is 8.42 Å². The number of nitrogens with zero attached hydrogens (tertiary/aromatic N) is 1. The minimum absolute atomic E-state index is 0.0255. The molecule has 4 nitrogen and oxygen atoms in total. The Kier molecular flexibility index (Phi) is 5.59. The van der Waals surface area contributed by atoms with Crippen LogP contribution >= 0.6 is 23.2 Å². The molecule has 1 aromatic heterocycles. The van der Waals surface area contributed by atoms with Gasteiger partial charge in [0.1, 0.15) is 0 Å².